The Hall–Kier alpha value is -5.24. The monoisotopic (exact) mass is 682 g/mol. The van der Waals surface area contributed by atoms with Gasteiger partial charge in [0.05, 0.1) is 0 Å². The molecule has 0 aromatic carbocycles. The zero-order valence-corrected chi connectivity index (χ0v) is 26.3. The maximum atomic E-state index is 12.5. The summed E-state index contributed by atoms with van der Waals surface area (Å²) in [5, 5.41) is 9.67. The van der Waals surface area contributed by atoms with E-state index >= 15 is 0 Å². The first-order valence-corrected chi connectivity index (χ1v) is 14.5. The molecular weight excluding hydrogens is 647 g/mol. The van der Waals surface area contributed by atoms with E-state index in [9.17, 15) is 19.2 Å². The number of anilines is 4. The number of unbranched alkanes of at least 4 members (excludes halogenated alkanes) is 1. The zero-order chi connectivity index (χ0) is 34.4. The minimum atomic E-state index is -0.786. The lowest BCUT2D eigenvalue weighted by Crippen LogP contribution is -2.46. The Morgan fingerprint density at radius 2 is 1.22 bits per heavy atom. The van der Waals surface area contributed by atoms with E-state index < -0.39 is 17.9 Å². The molecule has 0 fully saturated rings. The number of rotatable bonds is 14. The van der Waals surface area contributed by atoms with Crippen molar-refractivity contribution in [2.24, 2.45) is 21.5 Å². The molecule has 0 saturated carbocycles. The quantitative estimate of drug-likeness (QED) is 0.0601. The Balaban J connectivity index is 1.66. The molecule has 0 spiro atoms. The molecule has 2 heterocycles. The number of halogens is 2. The average Bonchev–Trinajstić information content (AvgIpc) is 2.99. The van der Waals surface area contributed by atoms with Crippen molar-refractivity contribution in [3.05, 3.63) is 21.7 Å². The van der Waals surface area contributed by atoms with E-state index in [1.165, 1.54) is 0 Å². The second-order valence-electron chi connectivity index (χ2n) is 9.34. The summed E-state index contributed by atoms with van der Waals surface area (Å²) in [6.45, 7) is 2.45. The fourth-order valence-electron chi connectivity index (χ4n) is 3.48. The van der Waals surface area contributed by atoms with Crippen LogP contribution in [0, 0.1) is 0 Å². The van der Waals surface area contributed by atoms with Crippen molar-refractivity contribution >= 4 is 82.0 Å². The molecule has 0 unspecified atom stereocenters. The number of guanidine groups is 2. The van der Waals surface area contributed by atoms with Gasteiger partial charge < -0.3 is 45.0 Å². The SMILES string of the molecule is CC[C@@H](NC(=O)CCCN=C(N)NC(=O)c1nc(Cl)c(N)nc1N)C(=O)NCCCCN=C(N)NC(=O)c1nc(Cl)c(N)nc1N. The standard InChI is InChI=1S/C24H36Cl2N16O4/c1-2-10(36-11(43)6-5-9-35-24(32)42-22(46)13-17(28)40-19(30)15(26)38-13)20(44)33-7-3-4-8-34-23(31)41-21(45)12-16(27)39-18(29)14(25)37-12/h10H,2-9H2,1H3,(H,33,44)(H,36,43)(H4,27,29,39)(H4,28,30,40)(H3,31,34,41,45)(H3,32,35,42,46)/t10-/m1/s1. The molecule has 0 radical (unpaired) electrons. The predicted octanol–water partition coefficient (Wildman–Crippen LogP) is -1.74. The largest absolute Gasteiger partial charge is 0.382 e. The summed E-state index contributed by atoms with van der Waals surface area (Å²) in [5.41, 5.74) is 33.1. The van der Waals surface area contributed by atoms with E-state index in [-0.39, 0.29) is 94.6 Å². The summed E-state index contributed by atoms with van der Waals surface area (Å²) in [6.07, 6.45) is 1.79. The summed E-state index contributed by atoms with van der Waals surface area (Å²) in [5.74, 6) is -3.33. The zero-order valence-electron chi connectivity index (χ0n) is 24.8. The molecule has 0 aliphatic carbocycles. The molecule has 22 heteroatoms. The van der Waals surface area contributed by atoms with Crippen LogP contribution in [0.15, 0.2) is 9.98 Å². The van der Waals surface area contributed by atoms with Crippen LogP contribution in [0.25, 0.3) is 0 Å². The number of carbonyl (C=O) groups excluding carboxylic acids is 4. The summed E-state index contributed by atoms with van der Waals surface area (Å²) >= 11 is 11.5. The molecule has 1 atom stereocenters. The predicted molar refractivity (Wildman–Crippen MR) is 173 cm³/mol. The van der Waals surface area contributed by atoms with Gasteiger partial charge >= 0.3 is 0 Å². The first kappa shape index (κ1) is 36.9. The van der Waals surface area contributed by atoms with Crippen molar-refractivity contribution in [2.75, 3.05) is 42.6 Å². The van der Waals surface area contributed by atoms with E-state index in [0.717, 1.165) is 0 Å². The van der Waals surface area contributed by atoms with Crippen molar-refractivity contribution < 1.29 is 19.2 Å². The van der Waals surface area contributed by atoms with Gasteiger partial charge in [-0.05, 0) is 25.7 Å². The third-order valence-electron chi connectivity index (χ3n) is 5.79. The van der Waals surface area contributed by atoms with E-state index in [2.05, 4.69) is 51.2 Å². The second-order valence-corrected chi connectivity index (χ2v) is 10.1. The van der Waals surface area contributed by atoms with E-state index in [4.69, 9.17) is 57.6 Å². The number of hydrogen-bond donors (Lipinski definition) is 10. The highest BCUT2D eigenvalue weighted by Crippen LogP contribution is 2.18. The van der Waals surface area contributed by atoms with Gasteiger partial charge in [0.15, 0.2) is 56.9 Å². The highest BCUT2D eigenvalue weighted by Gasteiger charge is 2.19. The number of aliphatic imine (C=N–C) groups is 2. The van der Waals surface area contributed by atoms with Gasteiger partial charge in [0, 0.05) is 26.1 Å². The lowest BCUT2D eigenvalue weighted by atomic mass is 10.2. The third kappa shape index (κ3) is 11.7. The van der Waals surface area contributed by atoms with Crippen molar-refractivity contribution in [2.45, 2.75) is 45.1 Å². The summed E-state index contributed by atoms with van der Waals surface area (Å²) < 4.78 is 0. The maximum absolute atomic E-state index is 12.5. The highest BCUT2D eigenvalue weighted by molar-refractivity contribution is 6.32. The summed E-state index contributed by atoms with van der Waals surface area (Å²) in [4.78, 5) is 72.4. The molecule has 2 aromatic rings. The van der Waals surface area contributed by atoms with Gasteiger partial charge in [-0.1, -0.05) is 30.1 Å². The molecule has 20 nitrogen and oxygen atoms in total. The van der Waals surface area contributed by atoms with Crippen LogP contribution >= 0.6 is 23.2 Å². The summed E-state index contributed by atoms with van der Waals surface area (Å²) in [7, 11) is 0. The van der Waals surface area contributed by atoms with Crippen LogP contribution in [0.5, 0.6) is 0 Å². The summed E-state index contributed by atoms with van der Waals surface area (Å²) in [6, 6.07) is -0.736. The molecule has 0 bridgehead atoms. The molecule has 250 valence electrons. The van der Waals surface area contributed by atoms with Gasteiger partial charge in [-0.3, -0.25) is 39.8 Å². The van der Waals surface area contributed by atoms with Crippen molar-refractivity contribution in [3.8, 4) is 0 Å². The average molecular weight is 684 g/mol. The third-order valence-corrected chi connectivity index (χ3v) is 6.35. The fourth-order valence-corrected chi connectivity index (χ4v) is 3.73. The van der Waals surface area contributed by atoms with Crippen LogP contribution in [-0.2, 0) is 9.59 Å². The Morgan fingerprint density at radius 3 is 1.70 bits per heavy atom. The molecular formula is C24H36Cl2N16O4. The van der Waals surface area contributed by atoms with E-state index in [1.54, 1.807) is 6.92 Å². The number of nitrogens with zero attached hydrogens (tertiary/aromatic N) is 6. The molecule has 16 N–H and O–H groups in total. The van der Waals surface area contributed by atoms with Crippen LogP contribution < -0.4 is 55.7 Å². The minimum absolute atomic E-state index is 0.0565. The molecule has 46 heavy (non-hydrogen) atoms. The topological polar surface area (TPSA) is 349 Å². The maximum Gasteiger partial charge on any atom is 0.280 e. The second kappa shape index (κ2) is 17.9. The Morgan fingerprint density at radius 1 is 0.739 bits per heavy atom. The highest BCUT2D eigenvalue weighted by atomic mass is 35.5. The van der Waals surface area contributed by atoms with Crippen molar-refractivity contribution in [1.82, 2.24) is 41.2 Å². The number of nitrogens with one attached hydrogen (secondary N) is 4. The normalized spacial score (nSPS) is 12.2. The number of aromatic nitrogens is 4. The van der Waals surface area contributed by atoms with Crippen LogP contribution in [0.4, 0.5) is 23.3 Å². The van der Waals surface area contributed by atoms with Gasteiger partial charge in [0.1, 0.15) is 6.04 Å². The van der Waals surface area contributed by atoms with Crippen molar-refractivity contribution in [1.29, 1.82) is 0 Å². The van der Waals surface area contributed by atoms with Gasteiger partial charge in [0.25, 0.3) is 11.8 Å². The van der Waals surface area contributed by atoms with Gasteiger partial charge in [-0.25, -0.2) is 19.9 Å². The van der Waals surface area contributed by atoms with Crippen LogP contribution in [0.2, 0.25) is 10.3 Å². The van der Waals surface area contributed by atoms with E-state index in [1.807, 2.05) is 0 Å². The fraction of sp³-hybridized carbons (Fsp3) is 0.417. The van der Waals surface area contributed by atoms with Crippen LogP contribution in [0.1, 0.15) is 60.0 Å². The number of nitrogens with two attached hydrogens (primary N) is 6. The number of hydrogen-bond acceptors (Lipinski definition) is 14. The number of carbonyl (C=O) groups is 4. The Bertz CT molecular complexity index is 1500. The smallest absolute Gasteiger partial charge is 0.280 e. The number of amides is 4. The molecule has 0 aliphatic rings. The van der Waals surface area contributed by atoms with Crippen molar-refractivity contribution in [3.63, 3.8) is 0 Å². The Kier molecular flexibility index (Phi) is 14.4. The molecule has 2 rings (SSSR count). The lowest BCUT2D eigenvalue weighted by molar-refractivity contribution is -0.129. The van der Waals surface area contributed by atoms with Gasteiger partial charge in [-0.2, -0.15) is 0 Å². The van der Waals surface area contributed by atoms with Gasteiger partial charge in [-0.15, -0.1) is 0 Å². The molecule has 2 aromatic heterocycles. The molecule has 0 saturated heterocycles. The van der Waals surface area contributed by atoms with Crippen LogP contribution in [0.3, 0.4) is 0 Å². The lowest BCUT2D eigenvalue weighted by Gasteiger charge is -2.16. The van der Waals surface area contributed by atoms with Crippen LogP contribution in [-0.4, -0.2) is 81.2 Å². The number of nitrogen functional groups attached to an aromatic ring is 4. The first-order valence-electron chi connectivity index (χ1n) is 13.7. The first-order chi connectivity index (χ1) is 21.7. The Labute approximate surface area is 272 Å². The molecule has 4 amide bonds. The van der Waals surface area contributed by atoms with E-state index in [0.29, 0.717) is 25.8 Å². The van der Waals surface area contributed by atoms with Gasteiger partial charge in [0.2, 0.25) is 11.8 Å². The minimum Gasteiger partial charge on any atom is -0.382 e. The molecule has 0 aliphatic heterocycles.